The Balaban J connectivity index is 1.21. The van der Waals surface area contributed by atoms with Crippen molar-refractivity contribution in [2.75, 3.05) is 18.4 Å². The van der Waals surface area contributed by atoms with Crippen LogP contribution in [0.3, 0.4) is 0 Å². The first kappa shape index (κ1) is 26.6. The van der Waals surface area contributed by atoms with E-state index in [9.17, 15) is 24.3 Å². The third-order valence-electron chi connectivity index (χ3n) is 7.49. The van der Waals surface area contributed by atoms with E-state index in [0.29, 0.717) is 43.9 Å². The molecule has 1 aromatic carbocycles. The van der Waals surface area contributed by atoms with Gasteiger partial charge in [-0.05, 0) is 51.7 Å². The van der Waals surface area contributed by atoms with E-state index in [-0.39, 0.29) is 29.5 Å². The fourth-order valence-corrected chi connectivity index (χ4v) is 5.47. The first-order chi connectivity index (χ1) is 18.5. The van der Waals surface area contributed by atoms with Gasteiger partial charge < -0.3 is 20.6 Å². The summed E-state index contributed by atoms with van der Waals surface area (Å²) in [5.74, 6) is -1.38. The van der Waals surface area contributed by atoms with Crippen molar-refractivity contribution in [1.82, 2.24) is 24.9 Å². The molecule has 3 aliphatic heterocycles. The molecule has 11 nitrogen and oxygen atoms in total. The van der Waals surface area contributed by atoms with Gasteiger partial charge in [0.15, 0.2) is 0 Å². The van der Waals surface area contributed by atoms with Crippen molar-refractivity contribution in [3.8, 4) is 0 Å². The molecule has 1 unspecified atom stereocenters. The maximum Gasteiger partial charge on any atom is 0.264 e. The fraction of sp³-hybridized carbons (Fsp3) is 0.464. The van der Waals surface area contributed by atoms with Crippen LogP contribution in [0.15, 0.2) is 42.9 Å². The third kappa shape index (κ3) is 5.44. The molecule has 2 fully saturated rings. The molecule has 3 aliphatic rings. The highest BCUT2D eigenvalue weighted by atomic mass is 16.3. The van der Waals surface area contributed by atoms with Crippen molar-refractivity contribution >= 4 is 29.3 Å². The smallest absolute Gasteiger partial charge is 0.264 e. The number of rotatable bonds is 7. The van der Waals surface area contributed by atoms with Gasteiger partial charge >= 0.3 is 0 Å². The monoisotopic (exact) mass is 534 g/mol. The molecule has 39 heavy (non-hydrogen) atoms. The average molecular weight is 535 g/mol. The van der Waals surface area contributed by atoms with Gasteiger partial charge in [0.25, 0.3) is 11.8 Å². The topological polar surface area (TPSA) is 137 Å². The number of imide groups is 1. The highest BCUT2D eigenvalue weighted by Crippen LogP contribution is 2.33. The summed E-state index contributed by atoms with van der Waals surface area (Å²) in [6, 6.07) is 4.38. The Morgan fingerprint density at radius 2 is 1.92 bits per heavy atom. The molecular weight excluding hydrogens is 500 g/mol. The summed E-state index contributed by atoms with van der Waals surface area (Å²) >= 11 is 0. The molecule has 2 aromatic rings. The molecule has 4 amide bonds. The predicted molar refractivity (Wildman–Crippen MR) is 143 cm³/mol. The highest BCUT2D eigenvalue weighted by Gasteiger charge is 2.45. The maximum absolute atomic E-state index is 13.3. The molecule has 3 N–H and O–H groups in total. The van der Waals surface area contributed by atoms with Crippen LogP contribution in [0, 0.1) is 0 Å². The Kier molecular flexibility index (Phi) is 7.02. The Labute approximate surface area is 226 Å². The van der Waals surface area contributed by atoms with Crippen molar-refractivity contribution in [3.05, 3.63) is 59.6 Å². The minimum absolute atomic E-state index is 0.0390. The molecule has 1 aromatic heterocycles. The molecule has 0 spiro atoms. The summed E-state index contributed by atoms with van der Waals surface area (Å²) in [6.07, 6.45) is 6.22. The lowest BCUT2D eigenvalue weighted by atomic mass is 10.0. The summed E-state index contributed by atoms with van der Waals surface area (Å²) in [4.78, 5) is 54.2. The minimum Gasteiger partial charge on any atom is -0.390 e. The number of piperidine rings is 2. The molecule has 0 bridgehead atoms. The van der Waals surface area contributed by atoms with E-state index in [1.54, 1.807) is 43.1 Å². The molecule has 0 saturated carbocycles. The van der Waals surface area contributed by atoms with Gasteiger partial charge in [-0.15, -0.1) is 0 Å². The second-order valence-electron chi connectivity index (χ2n) is 11.1. The summed E-state index contributed by atoms with van der Waals surface area (Å²) in [7, 11) is 0. The zero-order chi connectivity index (χ0) is 27.9. The number of fused-ring (bicyclic) bond motifs is 1. The third-order valence-corrected chi connectivity index (χ3v) is 7.49. The molecule has 1 atom stereocenters. The number of amides is 4. The number of allylic oxidation sites excluding steroid dienone is 1. The molecule has 5 rings (SSSR count). The lowest BCUT2D eigenvalue weighted by Crippen LogP contribution is -2.51. The fourth-order valence-electron chi connectivity index (χ4n) is 5.47. The SMILES string of the molecule is C=C1CCC(N2C(=O)c3cccc(NCc4cnn(C5CCN(C(=O)CC(C)(C)O)CC5)c4)c3C2=O)C(=O)N1. The maximum atomic E-state index is 13.3. The number of nitrogens with zero attached hydrogens (tertiary/aromatic N) is 4. The zero-order valence-electron chi connectivity index (χ0n) is 22.3. The summed E-state index contributed by atoms with van der Waals surface area (Å²) < 4.78 is 1.91. The predicted octanol–water partition coefficient (Wildman–Crippen LogP) is 2.21. The lowest BCUT2D eigenvalue weighted by Gasteiger charge is -2.33. The number of carbonyl (C=O) groups is 4. The number of aliphatic hydroxyl groups is 1. The molecule has 4 heterocycles. The van der Waals surface area contributed by atoms with Crippen LogP contribution in [0.5, 0.6) is 0 Å². The average Bonchev–Trinajstić information content (AvgIpc) is 3.45. The van der Waals surface area contributed by atoms with E-state index < -0.39 is 29.4 Å². The van der Waals surface area contributed by atoms with Crippen molar-refractivity contribution in [3.63, 3.8) is 0 Å². The van der Waals surface area contributed by atoms with Crippen LogP contribution in [-0.4, -0.2) is 73.0 Å². The number of aromatic nitrogens is 2. The first-order valence-electron chi connectivity index (χ1n) is 13.3. The number of hydrogen-bond acceptors (Lipinski definition) is 7. The second kappa shape index (κ2) is 10.3. The van der Waals surface area contributed by atoms with Gasteiger partial charge in [-0.3, -0.25) is 28.8 Å². The normalized spacial score (nSPS) is 20.3. The van der Waals surface area contributed by atoms with E-state index >= 15 is 0 Å². The summed E-state index contributed by atoms with van der Waals surface area (Å²) in [5, 5.41) is 20.4. The number of likely N-dealkylation sites (tertiary alicyclic amines) is 1. The van der Waals surface area contributed by atoms with Gasteiger partial charge in [0.1, 0.15) is 6.04 Å². The van der Waals surface area contributed by atoms with Gasteiger partial charge in [0, 0.05) is 42.8 Å². The van der Waals surface area contributed by atoms with Crippen molar-refractivity contribution in [2.24, 2.45) is 0 Å². The molecule has 11 heteroatoms. The number of nitrogens with one attached hydrogen (secondary N) is 2. The molecular formula is C28H34N6O5. The van der Waals surface area contributed by atoms with Crippen LogP contribution in [0.1, 0.15) is 78.3 Å². The van der Waals surface area contributed by atoms with Gasteiger partial charge in [-0.25, -0.2) is 0 Å². The largest absolute Gasteiger partial charge is 0.390 e. The Bertz CT molecular complexity index is 1330. The zero-order valence-corrected chi connectivity index (χ0v) is 22.3. The number of carbonyl (C=O) groups excluding carboxylic acids is 4. The van der Waals surface area contributed by atoms with Crippen LogP contribution in [0.25, 0.3) is 0 Å². The summed E-state index contributed by atoms with van der Waals surface area (Å²) in [5.41, 5.74) is 1.55. The first-order valence-corrected chi connectivity index (χ1v) is 13.3. The minimum atomic E-state index is -1.02. The van der Waals surface area contributed by atoms with E-state index in [2.05, 4.69) is 22.3 Å². The van der Waals surface area contributed by atoms with Gasteiger partial charge in [-0.2, -0.15) is 5.10 Å². The number of anilines is 1. The highest BCUT2D eigenvalue weighted by molar-refractivity contribution is 6.25. The van der Waals surface area contributed by atoms with Crippen LogP contribution in [0.4, 0.5) is 5.69 Å². The van der Waals surface area contributed by atoms with Crippen molar-refractivity contribution in [2.45, 2.75) is 70.2 Å². The van der Waals surface area contributed by atoms with Crippen LogP contribution in [-0.2, 0) is 16.1 Å². The quantitative estimate of drug-likeness (QED) is 0.463. The van der Waals surface area contributed by atoms with Gasteiger partial charge in [-0.1, -0.05) is 12.6 Å². The van der Waals surface area contributed by atoms with E-state index in [1.807, 2.05) is 10.9 Å². The van der Waals surface area contributed by atoms with Gasteiger partial charge in [0.05, 0.1) is 35.4 Å². The van der Waals surface area contributed by atoms with E-state index in [4.69, 9.17) is 0 Å². The van der Waals surface area contributed by atoms with Crippen molar-refractivity contribution < 1.29 is 24.3 Å². The lowest BCUT2D eigenvalue weighted by molar-refractivity contribution is -0.136. The standard InChI is InChI=1S/C28H34N6O5/c1-17-7-8-22(25(36)31-17)34-26(37)20-5-4-6-21(24(20)27(34)38)29-14-18-15-30-33(16-18)19-9-11-32(12-10-19)23(35)13-28(2,3)39/h4-6,15-16,19,22,29,39H,1,7-14H2,2-3H3,(H,31,36). The Morgan fingerprint density at radius 1 is 1.18 bits per heavy atom. The van der Waals surface area contributed by atoms with Crippen LogP contribution < -0.4 is 10.6 Å². The molecule has 0 aliphatic carbocycles. The van der Waals surface area contributed by atoms with Gasteiger partial charge in [0.2, 0.25) is 11.8 Å². The number of hydrogen-bond donors (Lipinski definition) is 3. The Hall–Kier alpha value is -3.99. The Morgan fingerprint density at radius 3 is 2.62 bits per heavy atom. The molecule has 0 radical (unpaired) electrons. The van der Waals surface area contributed by atoms with Crippen LogP contribution in [0.2, 0.25) is 0 Å². The van der Waals surface area contributed by atoms with Crippen molar-refractivity contribution in [1.29, 1.82) is 0 Å². The van der Waals surface area contributed by atoms with Crippen LogP contribution >= 0.6 is 0 Å². The summed E-state index contributed by atoms with van der Waals surface area (Å²) in [6.45, 7) is 8.66. The van der Waals surface area contributed by atoms with E-state index in [0.717, 1.165) is 23.3 Å². The van der Waals surface area contributed by atoms with E-state index in [1.165, 1.54) is 0 Å². The number of benzene rings is 1. The second-order valence-corrected chi connectivity index (χ2v) is 11.1. The molecule has 206 valence electrons. The molecule has 2 saturated heterocycles.